The Hall–Kier alpha value is -1.28. The molecule has 0 aliphatic heterocycles. The Balaban J connectivity index is 2.84. The van der Waals surface area contributed by atoms with Gasteiger partial charge in [0.25, 0.3) is 0 Å². The van der Waals surface area contributed by atoms with Crippen molar-refractivity contribution >= 4 is 0 Å². The van der Waals surface area contributed by atoms with Gasteiger partial charge in [0.05, 0.1) is 0 Å². The fraction of sp³-hybridized carbons (Fsp3) is 0.429. The second-order valence-electron chi connectivity index (χ2n) is 3.92. The van der Waals surface area contributed by atoms with E-state index in [9.17, 15) is 5.11 Å². The lowest BCUT2D eigenvalue weighted by Gasteiger charge is -2.19. The molecule has 1 aromatic carbocycles. The van der Waals surface area contributed by atoms with Gasteiger partial charge in [-0.25, -0.2) is 0 Å². The monoisotopic (exact) mass is 219 g/mol. The van der Waals surface area contributed by atoms with Crippen molar-refractivity contribution in [1.82, 2.24) is 4.90 Å². The molecule has 0 saturated carbocycles. The summed E-state index contributed by atoms with van der Waals surface area (Å²) in [4.78, 5) is 2.28. The zero-order valence-corrected chi connectivity index (χ0v) is 10.2. The van der Waals surface area contributed by atoms with E-state index in [1.54, 1.807) is 6.07 Å². The molecule has 2 heteroatoms. The van der Waals surface area contributed by atoms with Crippen LogP contribution in [0.25, 0.3) is 0 Å². The van der Waals surface area contributed by atoms with E-state index in [1.807, 2.05) is 12.1 Å². The summed E-state index contributed by atoms with van der Waals surface area (Å²) in [6.45, 7) is 10.8. The predicted molar refractivity (Wildman–Crippen MR) is 68.6 cm³/mol. The summed E-state index contributed by atoms with van der Waals surface area (Å²) in [6.07, 6.45) is 2.74. The quantitative estimate of drug-likeness (QED) is 0.744. The van der Waals surface area contributed by atoms with Gasteiger partial charge in [-0.3, -0.25) is 4.90 Å². The fourth-order valence-electron chi connectivity index (χ4n) is 1.75. The number of allylic oxidation sites excluding steroid dienone is 1. The van der Waals surface area contributed by atoms with Gasteiger partial charge in [-0.2, -0.15) is 0 Å². The van der Waals surface area contributed by atoms with Crippen LogP contribution in [0.2, 0.25) is 0 Å². The van der Waals surface area contributed by atoms with Crippen LogP contribution in [0.15, 0.2) is 30.9 Å². The third kappa shape index (κ3) is 3.38. The number of nitrogens with zero attached hydrogens (tertiary/aromatic N) is 1. The molecule has 1 aromatic rings. The van der Waals surface area contributed by atoms with E-state index >= 15 is 0 Å². The van der Waals surface area contributed by atoms with Gasteiger partial charge in [0, 0.05) is 12.1 Å². The lowest BCUT2D eigenvalue weighted by molar-refractivity contribution is 0.291. The van der Waals surface area contributed by atoms with E-state index < -0.39 is 0 Å². The van der Waals surface area contributed by atoms with Gasteiger partial charge in [-0.15, -0.1) is 6.58 Å². The first-order valence-electron chi connectivity index (χ1n) is 5.85. The number of hydrogen-bond acceptors (Lipinski definition) is 2. The van der Waals surface area contributed by atoms with Gasteiger partial charge in [-0.05, 0) is 31.1 Å². The molecule has 0 unspecified atom stereocenters. The van der Waals surface area contributed by atoms with Crippen LogP contribution in [-0.2, 0) is 13.0 Å². The number of phenols is 1. The van der Waals surface area contributed by atoms with Crippen molar-refractivity contribution < 1.29 is 5.11 Å². The lowest BCUT2D eigenvalue weighted by Crippen LogP contribution is -2.22. The summed E-state index contributed by atoms with van der Waals surface area (Å²) in [5, 5.41) is 9.79. The van der Waals surface area contributed by atoms with Gasteiger partial charge < -0.3 is 5.11 Å². The normalized spacial score (nSPS) is 10.7. The molecule has 1 N–H and O–H groups in total. The summed E-state index contributed by atoms with van der Waals surface area (Å²) in [7, 11) is 0. The molecule has 88 valence electrons. The van der Waals surface area contributed by atoms with Crippen molar-refractivity contribution in [2.75, 3.05) is 13.1 Å². The smallest absolute Gasteiger partial charge is 0.120 e. The van der Waals surface area contributed by atoms with Crippen molar-refractivity contribution in [2.45, 2.75) is 26.8 Å². The average molecular weight is 219 g/mol. The molecule has 1 rings (SSSR count). The van der Waals surface area contributed by atoms with E-state index in [0.29, 0.717) is 5.75 Å². The minimum Gasteiger partial charge on any atom is -0.508 e. The van der Waals surface area contributed by atoms with Crippen LogP contribution in [0.5, 0.6) is 5.75 Å². The highest BCUT2D eigenvalue weighted by molar-refractivity contribution is 5.36. The second kappa shape index (κ2) is 6.33. The molecule has 0 heterocycles. The Bertz CT molecular complexity index is 343. The minimum atomic E-state index is 0.389. The van der Waals surface area contributed by atoms with Gasteiger partial charge in [0.2, 0.25) is 0 Å². The van der Waals surface area contributed by atoms with E-state index in [1.165, 1.54) is 5.56 Å². The topological polar surface area (TPSA) is 23.5 Å². The molecule has 0 atom stereocenters. The number of aromatic hydroxyl groups is 1. The van der Waals surface area contributed by atoms with Crippen LogP contribution < -0.4 is 0 Å². The summed E-state index contributed by atoms with van der Waals surface area (Å²) < 4.78 is 0. The number of phenolic OH excluding ortho intramolecular Hbond substituents is 1. The van der Waals surface area contributed by atoms with E-state index in [2.05, 4.69) is 31.4 Å². The van der Waals surface area contributed by atoms with Crippen LogP contribution in [0.3, 0.4) is 0 Å². The van der Waals surface area contributed by atoms with E-state index in [4.69, 9.17) is 0 Å². The summed E-state index contributed by atoms with van der Waals surface area (Å²) in [5.41, 5.74) is 2.21. The number of rotatable bonds is 6. The van der Waals surface area contributed by atoms with Gasteiger partial charge >= 0.3 is 0 Å². The molecule has 0 amide bonds. The average Bonchev–Trinajstić information content (AvgIpc) is 2.30. The second-order valence-corrected chi connectivity index (χ2v) is 3.92. The van der Waals surface area contributed by atoms with Crippen molar-refractivity contribution in [1.29, 1.82) is 0 Å². The molecule has 0 bridgehead atoms. The van der Waals surface area contributed by atoms with Crippen molar-refractivity contribution in [2.24, 2.45) is 0 Å². The van der Waals surface area contributed by atoms with Crippen LogP contribution in [0.4, 0.5) is 0 Å². The van der Waals surface area contributed by atoms with Crippen LogP contribution in [0.1, 0.15) is 25.0 Å². The molecule has 0 saturated heterocycles. The van der Waals surface area contributed by atoms with Gasteiger partial charge in [-0.1, -0.05) is 32.1 Å². The molecule has 2 nitrogen and oxygen atoms in total. The Morgan fingerprint density at radius 1 is 1.31 bits per heavy atom. The summed E-state index contributed by atoms with van der Waals surface area (Å²) in [6, 6.07) is 5.79. The molecule has 0 radical (unpaired) electrons. The maximum atomic E-state index is 9.79. The zero-order chi connectivity index (χ0) is 12.0. The van der Waals surface area contributed by atoms with E-state index in [0.717, 1.165) is 31.6 Å². The van der Waals surface area contributed by atoms with Crippen LogP contribution >= 0.6 is 0 Å². The predicted octanol–water partition coefficient (Wildman–Crippen LogP) is 2.96. The van der Waals surface area contributed by atoms with Gasteiger partial charge in [0.1, 0.15) is 5.75 Å². The first-order chi connectivity index (χ1) is 7.71. The number of hydrogen-bond donors (Lipinski definition) is 1. The molecule has 0 aromatic heterocycles. The van der Waals surface area contributed by atoms with Gasteiger partial charge in [0.15, 0.2) is 0 Å². The molecular weight excluding hydrogens is 198 g/mol. The Kier molecular flexibility index (Phi) is 5.06. The SMILES string of the molecule is C=CCc1ccc(O)c(CN(CC)CC)c1. The standard InChI is InChI=1S/C14H21NO/c1-4-7-12-8-9-14(16)13(10-12)11-15(5-2)6-3/h4,8-10,16H,1,5-7,11H2,2-3H3. The maximum absolute atomic E-state index is 9.79. The molecule has 0 spiro atoms. The Morgan fingerprint density at radius 2 is 2.00 bits per heavy atom. The first-order valence-corrected chi connectivity index (χ1v) is 5.85. The molecular formula is C14H21NO. The molecule has 0 aliphatic carbocycles. The lowest BCUT2D eigenvalue weighted by atomic mass is 10.1. The third-order valence-electron chi connectivity index (χ3n) is 2.81. The Morgan fingerprint density at radius 3 is 2.56 bits per heavy atom. The number of benzene rings is 1. The van der Waals surface area contributed by atoms with Crippen LogP contribution in [0, 0.1) is 0 Å². The van der Waals surface area contributed by atoms with Crippen LogP contribution in [-0.4, -0.2) is 23.1 Å². The minimum absolute atomic E-state index is 0.389. The van der Waals surface area contributed by atoms with E-state index in [-0.39, 0.29) is 0 Å². The highest BCUT2D eigenvalue weighted by Gasteiger charge is 2.06. The summed E-state index contributed by atoms with van der Waals surface area (Å²) in [5.74, 6) is 0.389. The molecule has 0 aliphatic rings. The molecule has 0 fully saturated rings. The maximum Gasteiger partial charge on any atom is 0.120 e. The van der Waals surface area contributed by atoms with Crippen molar-refractivity contribution in [3.63, 3.8) is 0 Å². The van der Waals surface area contributed by atoms with Crippen molar-refractivity contribution in [3.05, 3.63) is 42.0 Å². The summed E-state index contributed by atoms with van der Waals surface area (Å²) >= 11 is 0. The highest BCUT2D eigenvalue weighted by Crippen LogP contribution is 2.20. The fourth-order valence-corrected chi connectivity index (χ4v) is 1.75. The third-order valence-corrected chi connectivity index (χ3v) is 2.81. The Labute approximate surface area is 98.2 Å². The zero-order valence-electron chi connectivity index (χ0n) is 10.2. The largest absolute Gasteiger partial charge is 0.508 e. The highest BCUT2D eigenvalue weighted by atomic mass is 16.3. The first kappa shape index (κ1) is 12.8. The van der Waals surface area contributed by atoms with Crippen molar-refractivity contribution in [3.8, 4) is 5.75 Å². The molecule has 16 heavy (non-hydrogen) atoms.